The summed E-state index contributed by atoms with van der Waals surface area (Å²) in [7, 11) is 0. The zero-order valence-corrected chi connectivity index (χ0v) is 8.77. The van der Waals surface area contributed by atoms with E-state index in [0.29, 0.717) is 6.42 Å². The Labute approximate surface area is 83.3 Å². The SMILES string of the molecule is CCCCC(CC)C[C@@H](O)C(F)(F)F. The van der Waals surface area contributed by atoms with Crippen molar-refractivity contribution in [1.29, 1.82) is 0 Å². The first kappa shape index (κ1) is 13.8. The Kier molecular flexibility index (Phi) is 6.16. The highest BCUT2D eigenvalue weighted by molar-refractivity contribution is 4.70. The number of unbranched alkanes of at least 4 members (excludes halogenated alkanes) is 1. The van der Waals surface area contributed by atoms with Gasteiger partial charge in [0.25, 0.3) is 0 Å². The van der Waals surface area contributed by atoms with Gasteiger partial charge in [0.1, 0.15) is 6.10 Å². The molecule has 86 valence electrons. The molecule has 0 bridgehead atoms. The number of halogens is 3. The molecule has 0 amide bonds. The van der Waals surface area contributed by atoms with E-state index in [1.165, 1.54) is 0 Å². The predicted octanol–water partition coefficient (Wildman–Crippen LogP) is 3.52. The molecule has 0 aliphatic carbocycles. The Morgan fingerprint density at radius 3 is 2.14 bits per heavy atom. The molecule has 1 nitrogen and oxygen atoms in total. The number of hydrogen-bond acceptors (Lipinski definition) is 1. The van der Waals surface area contributed by atoms with E-state index in [-0.39, 0.29) is 12.3 Å². The molecular weight excluding hydrogens is 193 g/mol. The number of alkyl halides is 3. The minimum Gasteiger partial charge on any atom is -0.384 e. The second kappa shape index (κ2) is 6.27. The summed E-state index contributed by atoms with van der Waals surface area (Å²) in [6.45, 7) is 3.87. The second-order valence-corrected chi connectivity index (χ2v) is 3.71. The Hall–Kier alpha value is -0.250. The molecule has 14 heavy (non-hydrogen) atoms. The average molecular weight is 212 g/mol. The van der Waals surface area contributed by atoms with Gasteiger partial charge < -0.3 is 5.11 Å². The van der Waals surface area contributed by atoms with E-state index < -0.39 is 12.3 Å². The van der Waals surface area contributed by atoms with Crippen LogP contribution in [0.3, 0.4) is 0 Å². The molecule has 0 aliphatic rings. The highest BCUT2D eigenvalue weighted by atomic mass is 19.4. The zero-order valence-electron chi connectivity index (χ0n) is 8.77. The zero-order chi connectivity index (χ0) is 11.2. The van der Waals surface area contributed by atoms with Crippen LogP contribution in [0.25, 0.3) is 0 Å². The molecule has 0 saturated heterocycles. The molecule has 1 unspecified atom stereocenters. The van der Waals surface area contributed by atoms with Gasteiger partial charge >= 0.3 is 6.18 Å². The molecule has 2 atom stereocenters. The molecule has 0 aromatic rings. The molecule has 0 heterocycles. The lowest BCUT2D eigenvalue weighted by Gasteiger charge is -2.20. The van der Waals surface area contributed by atoms with Crippen LogP contribution in [-0.2, 0) is 0 Å². The van der Waals surface area contributed by atoms with Gasteiger partial charge in [-0.15, -0.1) is 0 Å². The molecular formula is C10H19F3O. The average Bonchev–Trinajstić information content (AvgIpc) is 2.10. The summed E-state index contributed by atoms with van der Waals surface area (Å²) in [6, 6.07) is 0. The normalized spacial score (nSPS) is 16.7. The first-order valence-corrected chi connectivity index (χ1v) is 5.16. The highest BCUT2D eigenvalue weighted by Crippen LogP contribution is 2.28. The van der Waals surface area contributed by atoms with Gasteiger partial charge in [-0.2, -0.15) is 13.2 Å². The lowest BCUT2D eigenvalue weighted by molar-refractivity contribution is -0.208. The first-order chi connectivity index (χ1) is 6.41. The first-order valence-electron chi connectivity index (χ1n) is 5.16. The van der Waals surface area contributed by atoms with E-state index in [4.69, 9.17) is 5.11 Å². The number of aliphatic hydroxyl groups is 1. The van der Waals surface area contributed by atoms with Gasteiger partial charge in [0, 0.05) is 0 Å². The van der Waals surface area contributed by atoms with E-state index in [1.807, 2.05) is 13.8 Å². The van der Waals surface area contributed by atoms with Crippen LogP contribution >= 0.6 is 0 Å². The van der Waals surface area contributed by atoms with Gasteiger partial charge in [-0.25, -0.2) is 0 Å². The van der Waals surface area contributed by atoms with E-state index in [9.17, 15) is 13.2 Å². The van der Waals surface area contributed by atoms with Gasteiger partial charge in [0.2, 0.25) is 0 Å². The molecule has 0 rings (SSSR count). The van der Waals surface area contributed by atoms with Crippen molar-refractivity contribution >= 4 is 0 Å². The van der Waals surface area contributed by atoms with Crippen molar-refractivity contribution in [2.45, 2.75) is 58.2 Å². The standard InChI is InChI=1S/C10H19F3O/c1-3-5-6-8(4-2)7-9(14)10(11,12)13/h8-9,14H,3-7H2,1-2H3/t8?,9-/m1/s1. The molecule has 1 N–H and O–H groups in total. The highest BCUT2D eigenvalue weighted by Gasteiger charge is 2.38. The van der Waals surface area contributed by atoms with Crippen molar-refractivity contribution in [3.05, 3.63) is 0 Å². The maximum absolute atomic E-state index is 12.0. The van der Waals surface area contributed by atoms with E-state index in [2.05, 4.69) is 0 Å². The molecule has 0 aromatic carbocycles. The van der Waals surface area contributed by atoms with Crippen LogP contribution in [0.4, 0.5) is 13.2 Å². The molecule has 0 saturated carbocycles. The van der Waals surface area contributed by atoms with E-state index in [0.717, 1.165) is 19.3 Å². The minimum absolute atomic E-state index is 0.00780. The maximum Gasteiger partial charge on any atom is 0.414 e. The van der Waals surface area contributed by atoms with Gasteiger partial charge in [-0.05, 0) is 12.3 Å². The second-order valence-electron chi connectivity index (χ2n) is 3.71. The van der Waals surface area contributed by atoms with Crippen LogP contribution < -0.4 is 0 Å². The molecule has 0 radical (unpaired) electrons. The summed E-state index contributed by atoms with van der Waals surface area (Å²) in [5.41, 5.74) is 0. The Balaban J connectivity index is 3.92. The topological polar surface area (TPSA) is 20.2 Å². The van der Waals surface area contributed by atoms with E-state index in [1.54, 1.807) is 0 Å². The summed E-state index contributed by atoms with van der Waals surface area (Å²) in [6.07, 6.45) is -3.36. The summed E-state index contributed by atoms with van der Waals surface area (Å²) < 4.78 is 36.1. The summed E-state index contributed by atoms with van der Waals surface area (Å²) >= 11 is 0. The largest absolute Gasteiger partial charge is 0.414 e. The predicted molar refractivity (Wildman–Crippen MR) is 50.0 cm³/mol. The fourth-order valence-corrected chi connectivity index (χ4v) is 1.43. The quantitative estimate of drug-likeness (QED) is 0.714. The molecule has 0 fully saturated rings. The third kappa shape index (κ3) is 5.47. The van der Waals surface area contributed by atoms with Crippen molar-refractivity contribution in [3.8, 4) is 0 Å². The summed E-state index contributed by atoms with van der Waals surface area (Å²) in [5.74, 6) is -0.00780. The van der Waals surface area contributed by atoms with Crippen molar-refractivity contribution in [2.24, 2.45) is 5.92 Å². The monoisotopic (exact) mass is 212 g/mol. The summed E-state index contributed by atoms with van der Waals surface area (Å²) in [4.78, 5) is 0. The fraction of sp³-hybridized carbons (Fsp3) is 1.00. The Morgan fingerprint density at radius 2 is 1.79 bits per heavy atom. The van der Waals surface area contributed by atoms with Gasteiger partial charge in [-0.3, -0.25) is 0 Å². The Bertz CT molecular complexity index is 145. The van der Waals surface area contributed by atoms with Crippen molar-refractivity contribution in [2.75, 3.05) is 0 Å². The minimum atomic E-state index is -4.46. The van der Waals surface area contributed by atoms with Crippen LogP contribution in [0.1, 0.15) is 46.0 Å². The van der Waals surface area contributed by atoms with Crippen LogP contribution in [0, 0.1) is 5.92 Å². The van der Waals surface area contributed by atoms with Crippen LogP contribution in [0.5, 0.6) is 0 Å². The molecule has 4 heteroatoms. The smallest absolute Gasteiger partial charge is 0.384 e. The van der Waals surface area contributed by atoms with Crippen LogP contribution in [0.15, 0.2) is 0 Å². The number of hydrogen-bond donors (Lipinski definition) is 1. The summed E-state index contributed by atoms with van der Waals surface area (Å²) in [5, 5.41) is 8.86. The molecule has 0 aromatic heterocycles. The van der Waals surface area contributed by atoms with Gasteiger partial charge in [0.05, 0.1) is 0 Å². The molecule has 0 aliphatic heterocycles. The van der Waals surface area contributed by atoms with Gasteiger partial charge in [0.15, 0.2) is 0 Å². The van der Waals surface area contributed by atoms with Crippen molar-refractivity contribution in [3.63, 3.8) is 0 Å². The fourth-order valence-electron chi connectivity index (χ4n) is 1.43. The van der Waals surface area contributed by atoms with Gasteiger partial charge in [-0.1, -0.05) is 39.5 Å². The van der Waals surface area contributed by atoms with E-state index >= 15 is 0 Å². The van der Waals surface area contributed by atoms with Crippen molar-refractivity contribution < 1.29 is 18.3 Å². The van der Waals surface area contributed by atoms with Crippen LogP contribution in [0.2, 0.25) is 0 Å². The van der Waals surface area contributed by atoms with Crippen LogP contribution in [-0.4, -0.2) is 17.4 Å². The lowest BCUT2D eigenvalue weighted by atomic mass is 9.93. The third-order valence-electron chi connectivity index (χ3n) is 2.48. The lowest BCUT2D eigenvalue weighted by Crippen LogP contribution is -2.30. The maximum atomic E-state index is 12.0. The number of aliphatic hydroxyl groups excluding tert-OH is 1. The molecule has 0 spiro atoms. The third-order valence-corrected chi connectivity index (χ3v) is 2.48. The number of rotatable bonds is 6. The van der Waals surface area contributed by atoms with Crippen molar-refractivity contribution in [1.82, 2.24) is 0 Å². The Morgan fingerprint density at radius 1 is 1.21 bits per heavy atom.